The number of piperazine rings is 1. The molecular formula is C39H44N6O6S. The monoisotopic (exact) mass is 724 g/mol. The molecule has 1 amide bonds. The summed E-state index contributed by atoms with van der Waals surface area (Å²) in [6.45, 7) is 9.96. The number of para-hydroxylation sites is 1. The summed E-state index contributed by atoms with van der Waals surface area (Å²) < 4.78 is 24.3. The molecule has 7 rings (SSSR count). The van der Waals surface area contributed by atoms with Crippen molar-refractivity contribution in [1.82, 2.24) is 20.4 Å². The van der Waals surface area contributed by atoms with Crippen LogP contribution in [0.5, 0.6) is 28.7 Å². The van der Waals surface area contributed by atoms with Gasteiger partial charge in [0.25, 0.3) is 0 Å². The Hall–Kier alpha value is -5.03. The summed E-state index contributed by atoms with van der Waals surface area (Å²) in [5.41, 5.74) is 5.99. The number of carbonyl (C=O) groups is 1. The van der Waals surface area contributed by atoms with Crippen molar-refractivity contribution in [3.05, 3.63) is 82.4 Å². The average Bonchev–Trinajstić information content (AvgIpc) is 3.62. The van der Waals surface area contributed by atoms with Crippen LogP contribution in [0.4, 0.5) is 5.69 Å². The maximum atomic E-state index is 13.8. The number of likely N-dealkylation sites (N-methyl/N-ethyl adjacent to an activating group) is 1. The van der Waals surface area contributed by atoms with Gasteiger partial charge in [0.2, 0.25) is 12.7 Å². The number of nitrogens with zero attached hydrogens (tertiary/aromatic N) is 3. The number of phenols is 1. The number of carbonyl (C=O) groups excluding carboxylic acids is 1. The summed E-state index contributed by atoms with van der Waals surface area (Å²) in [5.74, 6) is 2.14. The first-order chi connectivity index (χ1) is 25.1. The third kappa shape index (κ3) is 5.84. The van der Waals surface area contributed by atoms with E-state index in [1.54, 1.807) is 20.1 Å². The second-order valence-corrected chi connectivity index (χ2v) is 14.2. The minimum atomic E-state index is -0.671. The molecule has 6 atom stereocenters. The molecule has 1 fully saturated rings. The maximum Gasteiger partial charge on any atom is 0.242 e. The highest BCUT2D eigenvalue weighted by molar-refractivity contribution is 7.80. The lowest BCUT2D eigenvalue weighted by Crippen LogP contribution is -2.69. The van der Waals surface area contributed by atoms with Crippen molar-refractivity contribution >= 4 is 28.9 Å². The van der Waals surface area contributed by atoms with Gasteiger partial charge in [-0.15, -0.1) is 0 Å². The zero-order chi connectivity index (χ0) is 36.8. The van der Waals surface area contributed by atoms with Crippen molar-refractivity contribution in [3.8, 4) is 34.8 Å². The summed E-state index contributed by atoms with van der Waals surface area (Å²) >= 11 is 5.51. The zero-order valence-electron chi connectivity index (χ0n) is 30.0. The molecule has 4 aliphatic rings. The van der Waals surface area contributed by atoms with E-state index in [0.717, 1.165) is 39.1 Å². The van der Waals surface area contributed by atoms with Crippen LogP contribution in [0, 0.1) is 25.2 Å². The molecule has 1 saturated heterocycles. The Labute approximate surface area is 309 Å². The number of amides is 1. The van der Waals surface area contributed by atoms with Gasteiger partial charge in [0.1, 0.15) is 24.4 Å². The van der Waals surface area contributed by atoms with Crippen LogP contribution in [0.15, 0.2) is 49.1 Å². The van der Waals surface area contributed by atoms with Crippen molar-refractivity contribution < 1.29 is 28.8 Å². The fourth-order valence-corrected chi connectivity index (χ4v) is 8.96. The molecule has 0 aromatic heterocycles. The molecule has 0 radical (unpaired) electrons. The number of phenolic OH excluding ortho intramolecular Hbond substituents is 1. The van der Waals surface area contributed by atoms with E-state index in [4.69, 9.17) is 31.2 Å². The highest BCUT2D eigenvalue weighted by Crippen LogP contribution is 2.58. The van der Waals surface area contributed by atoms with Gasteiger partial charge in [-0.2, -0.15) is 5.26 Å². The highest BCUT2D eigenvalue weighted by atomic mass is 32.1. The SMILES string of the molecule is C=CCOc1c(C)c2c(c3c1CC1C4c5c(cc(C)c(OC)c5O)C[C@H]([C@H](C#N)N1[C@H]3CNC(=O)C(C)NC(=S)Nc1ccccc1)N4C)OCO2. The van der Waals surface area contributed by atoms with E-state index in [1.807, 2.05) is 51.2 Å². The lowest BCUT2D eigenvalue weighted by atomic mass is 9.71. The van der Waals surface area contributed by atoms with Gasteiger partial charge in [0.15, 0.2) is 28.1 Å². The lowest BCUT2D eigenvalue weighted by molar-refractivity contribution is -0.123. The van der Waals surface area contributed by atoms with Crippen molar-refractivity contribution in [2.24, 2.45) is 0 Å². The number of rotatable bonds is 9. The smallest absolute Gasteiger partial charge is 0.242 e. The van der Waals surface area contributed by atoms with Crippen molar-refractivity contribution in [2.75, 3.05) is 39.4 Å². The van der Waals surface area contributed by atoms with E-state index in [2.05, 4.69) is 44.5 Å². The van der Waals surface area contributed by atoms with Gasteiger partial charge in [-0.1, -0.05) is 36.9 Å². The van der Waals surface area contributed by atoms with Gasteiger partial charge in [-0.25, -0.2) is 0 Å². The molecule has 4 heterocycles. The van der Waals surface area contributed by atoms with Gasteiger partial charge in [0.05, 0.1) is 25.3 Å². The second-order valence-electron chi connectivity index (χ2n) is 13.8. The fourth-order valence-electron chi connectivity index (χ4n) is 8.67. The first kappa shape index (κ1) is 35.4. The Morgan fingerprint density at radius 3 is 2.63 bits per heavy atom. The molecule has 0 saturated carbocycles. The number of aromatic hydroxyl groups is 1. The average molecular weight is 725 g/mol. The Morgan fingerprint density at radius 2 is 1.92 bits per heavy atom. The summed E-state index contributed by atoms with van der Waals surface area (Å²) in [7, 11) is 3.59. The summed E-state index contributed by atoms with van der Waals surface area (Å²) in [6.07, 6.45) is 2.74. The first-order valence-electron chi connectivity index (χ1n) is 17.5. The summed E-state index contributed by atoms with van der Waals surface area (Å²) in [6, 6.07) is 11.7. The molecule has 272 valence electrons. The molecule has 12 nitrogen and oxygen atoms in total. The van der Waals surface area contributed by atoms with Crippen LogP contribution in [0.25, 0.3) is 0 Å². The van der Waals surface area contributed by atoms with Gasteiger partial charge < -0.3 is 40.0 Å². The second kappa shape index (κ2) is 14.2. The van der Waals surface area contributed by atoms with E-state index in [1.165, 1.54) is 0 Å². The standard InChI is InChI=1S/C39H44N6O6S/c1-7-13-49-35-21(3)36-37(51-19-50-36)31-25(35)16-27-32-30-23(14-20(2)34(48-6)33(30)46)15-26(44(32)5)28(17-40)45(27)29(31)18-41-38(47)22(4)42-39(52)43-24-11-9-8-10-12-24/h7-12,14,22,26-29,32,46H,1,13,15-16,18-19H2,2-6H3,(H,41,47)(H2,42,43,52)/t22?,26-,27?,28+,29+,32?/m1/s1. The van der Waals surface area contributed by atoms with Crippen molar-refractivity contribution in [1.29, 1.82) is 5.26 Å². The van der Waals surface area contributed by atoms with Gasteiger partial charge in [-0.3, -0.25) is 14.6 Å². The summed E-state index contributed by atoms with van der Waals surface area (Å²) in [4.78, 5) is 18.2. The van der Waals surface area contributed by atoms with E-state index in [9.17, 15) is 15.2 Å². The van der Waals surface area contributed by atoms with Crippen molar-refractivity contribution in [2.45, 2.75) is 69.9 Å². The first-order valence-corrected chi connectivity index (χ1v) is 17.9. The quantitative estimate of drug-likeness (QED) is 0.182. The molecule has 13 heteroatoms. The Morgan fingerprint density at radius 1 is 1.17 bits per heavy atom. The molecule has 0 aliphatic carbocycles. The largest absolute Gasteiger partial charge is 0.504 e. The maximum absolute atomic E-state index is 13.8. The number of methoxy groups -OCH3 is 1. The van der Waals surface area contributed by atoms with Crippen LogP contribution in [0.2, 0.25) is 0 Å². The van der Waals surface area contributed by atoms with E-state index < -0.39 is 18.1 Å². The molecule has 4 aliphatic heterocycles. The van der Waals surface area contributed by atoms with E-state index >= 15 is 0 Å². The number of benzene rings is 3. The van der Waals surface area contributed by atoms with E-state index in [-0.39, 0.29) is 49.7 Å². The van der Waals surface area contributed by atoms with Crippen LogP contribution >= 0.6 is 12.2 Å². The highest BCUT2D eigenvalue weighted by Gasteiger charge is 2.56. The van der Waals surface area contributed by atoms with Gasteiger partial charge in [-0.05, 0) is 76.1 Å². The minimum absolute atomic E-state index is 0.0406. The van der Waals surface area contributed by atoms with Crippen LogP contribution in [-0.2, 0) is 17.6 Å². The Balaban J connectivity index is 1.31. The predicted octanol–water partition coefficient (Wildman–Crippen LogP) is 4.57. The molecule has 4 N–H and O–H groups in total. The topological polar surface area (TPSA) is 141 Å². The fraction of sp³-hybridized carbons (Fsp3) is 0.410. The molecular weight excluding hydrogens is 681 g/mol. The molecule has 3 unspecified atom stereocenters. The molecule has 3 aromatic carbocycles. The van der Waals surface area contributed by atoms with Crippen LogP contribution in [0.3, 0.4) is 0 Å². The summed E-state index contributed by atoms with van der Waals surface area (Å²) in [5, 5.41) is 32.4. The van der Waals surface area contributed by atoms with Crippen LogP contribution in [-0.4, -0.2) is 84.2 Å². The number of nitriles is 1. The molecule has 2 bridgehead atoms. The number of ether oxygens (including phenoxy) is 4. The number of hydrogen-bond donors (Lipinski definition) is 4. The Kier molecular flexibility index (Phi) is 9.65. The number of aryl methyl sites for hydroxylation is 1. The molecule has 0 spiro atoms. The van der Waals surface area contributed by atoms with Gasteiger partial charge >= 0.3 is 0 Å². The third-order valence-corrected chi connectivity index (χ3v) is 11.1. The Bertz CT molecular complexity index is 1970. The normalized spacial score (nSPS) is 23.2. The van der Waals surface area contributed by atoms with Crippen LogP contribution in [0.1, 0.15) is 52.4 Å². The minimum Gasteiger partial charge on any atom is -0.504 e. The number of hydrogen-bond acceptors (Lipinski definition) is 10. The molecule has 52 heavy (non-hydrogen) atoms. The number of nitrogens with one attached hydrogen (secondary N) is 3. The van der Waals surface area contributed by atoms with Crippen LogP contribution < -0.4 is 34.9 Å². The zero-order valence-corrected chi connectivity index (χ0v) is 30.8. The molecule has 3 aromatic rings. The number of anilines is 1. The van der Waals surface area contributed by atoms with Gasteiger partial charge in [0, 0.05) is 46.6 Å². The lowest BCUT2D eigenvalue weighted by Gasteiger charge is -2.60. The number of fused-ring (bicyclic) bond motifs is 9. The number of thiocarbonyl (C=S) groups is 1. The predicted molar refractivity (Wildman–Crippen MR) is 200 cm³/mol. The third-order valence-electron chi connectivity index (χ3n) is 10.9. The van der Waals surface area contributed by atoms with Crippen molar-refractivity contribution in [3.63, 3.8) is 0 Å². The van der Waals surface area contributed by atoms with E-state index in [0.29, 0.717) is 41.0 Å².